The summed E-state index contributed by atoms with van der Waals surface area (Å²) in [5.74, 6) is 0. The molecular weight excluding hydrogens is 238 g/mol. The highest BCUT2D eigenvalue weighted by molar-refractivity contribution is 5.17. The molecule has 2 aromatic heterocycles. The van der Waals surface area contributed by atoms with Crippen molar-refractivity contribution in [3.63, 3.8) is 0 Å². The highest BCUT2D eigenvalue weighted by Gasteiger charge is 2.27. The number of nitrogens with zero attached hydrogens (tertiary/aromatic N) is 4. The average Bonchev–Trinajstić information content (AvgIpc) is 3.16. The van der Waals surface area contributed by atoms with Gasteiger partial charge in [0.1, 0.15) is 0 Å². The minimum Gasteiger partial charge on any atom is -0.333 e. The van der Waals surface area contributed by atoms with Crippen molar-refractivity contribution in [2.24, 2.45) is 0 Å². The van der Waals surface area contributed by atoms with Crippen LogP contribution in [0.25, 0.3) is 6.20 Å². The molecule has 1 aliphatic carbocycles. The van der Waals surface area contributed by atoms with Crippen molar-refractivity contribution in [1.82, 2.24) is 24.6 Å². The van der Waals surface area contributed by atoms with E-state index < -0.39 is 0 Å². The maximum Gasteiger partial charge on any atom is 0.0949 e. The lowest BCUT2D eigenvalue weighted by atomic mass is 10.1. The van der Waals surface area contributed by atoms with Crippen LogP contribution in [0.2, 0.25) is 0 Å². The zero-order valence-corrected chi connectivity index (χ0v) is 10.9. The molecule has 2 aromatic rings. The highest BCUT2D eigenvalue weighted by Crippen LogP contribution is 2.30. The molecule has 3 rings (SSSR count). The van der Waals surface area contributed by atoms with Crippen LogP contribution in [0, 0.1) is 0 Å². The lowest BCUT2D eigenvalue weighted by Crippen LogP contribution is -2.33. The van der Waals surface area contributed by atoms with E-state index in [9.17, 15) is 0 Å². The number of aromatic nitrogens is 4. The molecule has 0 bridgehead atoms. The van der Waals surface area contributed by atoms with E-state index in [0.29, 0.717) is 12.1 Å². The number of rotatable bonds is 5. The highest BCUT2D eigenvalue weighted by atomic mass is 15.2. The van der Waals surface area contributed by atoms with Gasteiger partial charge < -0.3 is 9.88 Å². The van der Waals surface area contributed by atoms with Gasteiger partial charge in [-0.25, -0.2) is 9.67 Å². The van der Waals surface area contributed by atoms with Crippen LogP contribution in [0.3, 0.4) is 0 Å². The van der Waals surface area contributed by atoms with E-state index in [1.807, 2.05) is 24.9 Å². The molecule has 1 saturated carbocycles. The first-order chi connectivity index (χ1) is 9.36. The summed E-state index contributed by atoms with van der Waals surface area (Å²) in [7, 11) is 0. The molecule has 2 atom stereocenters. The average molecular weight is 257 g/mol. The first-order valence-corrected chi connectivity index (χ1v) is 6.73. The van der Waals surface area contributed by atoms with Crippen LogP contribution in [0.1, 0.15) is 30.9 Å². The molecule has 1 N–H and O–H groups in total. The molecule has 0 saturated heterocycles. The second-order valence-electron chi connectivity index (χ2n) is 5.01. The fourth-order valence-corrected chi connectivity index (χ4v) is 2.82. The molecule has 0 aliphatic heterocycles. The number of imidazole rings is 1. The van der Waals surface area contributed by atoms with Crippen LogP contribution >= 0.6 is 0 Å². The molecule has 1 fully saturated rings. The predicted molar refractivity (Wildman–Crippen MR) is 74.4 cm³/mol. The van der Waals surface area contributed by atoms with Gasteiger partial charge in [-0.1, -0.05) is 6.58 Å². The van der Waals surface area contributed by atoms with E-state index in [0.717, 1.165) is 6.54 Å². The maximum atomic E-state index is 4.19. The van der Waals surface area contributed by atoms with Crippen molar-refractivity contribution in [3.8, 4) is 0 Å². The zero-order chi connectivity index (χ0) is 13.1. The Balaban J connectivity index is 1.61. The Morgan fingerprint density at radius 2 is 2.42 bits per heavy atom. The first kappa shape index (κ1) is 12.2. The summed E-state index contributed by atoms with van der Waals surface area (Å²) in [6.07, 6.45) is 15.1. The van der Waals surface area contributed by atoms with Crippen molar-refractivity contribution in [2.45, 2.75) is 37.9 Å². The summed E-state index contributed by atoms with van der Waals surface area (Å²) in [6.45, 7) is 4.55. The Hall–Kier alpha value is -1.88. The molecule has 2 unspecified atom stereocenters. The molecule has 2 heterocycles. The van der Waals surface area contributed by atoms with Gasteiger partial charge in [-0.05, 0) is 19.3 Å². The van der Waals surface area contributed by atoms with Gasteiger partial charge >= 0.3 is 0 Å². The SMILES string of the molecule is C=Cn1cc(CNC2CCCC2n2ccnc2)cn1. The lowest BCUT2D eigenvalue weighted by molar-refractivity contribution is 0.390. The Bertz CT molecular complexity index is 528. The second-order valence-corrected chi connectivity index (χ2v) is 5.01. The molecule has 1 aliphatic rings. The van der Waals surface area contributed by atoms with Crippen LogP contribution < -0.4 is 5.32 Å². The van der Waals surface area contributed by atoms with E-state index in [1.165, 1.54) is 24.8 Å². The topological polar surface area (TPSA) is 47.7 Å². The van der Waals surface area contributed by atoms with E-state index in [2.05, 4.69) is 32.7 Å². The summed E-state index contributed by atoms with van der Waals surface area (Å²) in [5, 5.41) is 7.83. The van der Waals surface area contributed by atoms with Crippen LogP contribution in [0.4, 0.5) is 0 Å². The minimum atomic E-state index is 0.515. The molecule has 5 heteroatoms. The van der Waals surface area contributed by atoms with Gasteiger partial charge in [0.25, 0.3) is 0 Å². The minimum absolute atomic E-state index is 0.515. The van der Waals surface area contributed by atoms with Crippen molar-refractivity contribution in [1.29, 1.82) is 0 Å². The van der Waals surface area contributed by atoms with Gasteiger partial charge in [0.2, 0.25) is 0 Å². The number of nitrogens with one attached hydrogen (secondary N) is 1. The third-order valence-corrected chi connectivity index (χ3v) is 3.80. The molecule has 5 nitrogen and oxygen atoms in total. The molecule has 0 spiro atoms. The maximum absolute atomic E-state index is 4.19. The van der Waals surface area contributed by atoms with Gasteiger partial charge in [0.05, 0.1) is 12.5 Å². The van der Waals surface area contributed by atoms with Gasteiger partial charge in [0, 0.05) is 49.0 Å². The Morgan fingerprint density at radius 3 is 3.16 bits per heavy atom. The van der Waals surface area contributed by atoms with Crippen molar-refractivity contribution in [2.75, 3.05) is 0 Å². The second kappa shape index (κ2) is 5.40. The van der Waals surface area contributed by atoms with Crippen molar-refractivity contribution >= 4 is 6.20 Å². The fourth-order valence-electron chi connectivity index (χ4n) is 2.82. The Kier molecular flexibility index (Phi) is 3.46. The molecule has 19 heavy (non-hydrogen) atoms. The molecular formula is C14H19N5. The number of hydrogen-bond acceptors (Lipinski definition) is 3. The molecule has 0 amide bonds. The van der Waals surface area contributed by atoms with Crippen molar-refractivity contribution < 1.29 is 0 Å². The Morgan fingerprint density at radius 1 is 1.47 bits per heavy atom. The zero-order valence-electron chi connectivity index (χ0n) is 10.9. The summed E-state index contributed by atoms with van der Waals surface area (Å²) in [6, 6.07) is 1.04. The van der Waals surface area contributed by atoms with Crippen LogP contribution in [-0.2, 0) is 6.54 Å². The monoisotopic (exact) mass is 257 g/mol. The molecule has 0 radical (unpaired) electrons. The van der Waals surface area contributed by atoms with Crippen LogP contribution in [0.5, 0.6) is 0 Å². The van der Waals surface area contributed by atoms with E-state index in [4.69, 9.17) is 0 Å². The first-order valence-electron chi connectivity index (χ1n) is 6.73. The largest absolute Gasteiger partial charge is 0.333 e. The molecule has 0 aromatic carbocycles. The Labute approximate surface area is 113 Å². The van der Waals surface area contributed by atoms with Crippen LogP contribution in [-0.4, -0.2) is 25.4 Å². The molecule has 100 valence electrons. The van der Waals surface area contributed by atoms with E-state index in [-0.39, 0.29) is 0 Å². The number of hydrogen-bond donors (Lipinski definition) is 1. The third-order valence-electron chi connectivity index (χ3n) is 3.80. The van der Waals surface area contributed by atoms with Gasteiger partial charge in [-0.3, -0.25) is 0 Å². The standard InChI is InChI=1S/C14H19N5/c1-2-19-10-12(9-17-19)8-16-13-4-3-5-14(13)18-7-6-15-11-18/h2,6-7,9-11,13-14,16H,1,3-5,8H2. The van der Waals surface area contributed by atoms with Gasteiger partial charge in [0.15, 0.2) is 0 Å². The summed E-state index contributed by atoms with van der Waals surface area (Å²) >= 11 is 0. The fraction of sp³-hybridized carbons (Fsp3) is 0.429. The quantitative estimate of drug-likeness (QED) is 0.892. The summed E-state index contributed by atoms with van der Waals surface area (Å²) in [4.78, 5) is 4.14. The lowest BCUT2D eigenvalue weighted by Gasteiger charge is -2.21. The normalized spacial score (nSPS) is 22.7. The van der Waals surface area contributed by atoms with E-state index in [1.54, 1.807) is 10.9 Å². The smallest absolute Gasteiger partial charge is 0.0949 e. The summed E-state index contributed by atoms with van der Waals surface area (Å²) < 4.78 is 3.96. The van der Waals surface area contributed by atoms with Gasteiger partial charge in [-0.2, -0.15) is 5.10 Å². The van der Waals surface area contributed by atoms with Crippen LogP contribution in [0.15, 0.2) is 37.7 Å². The van der Waals surface area contributed by atoms with Gasteiger partial charge in [-0.15, -0.1) is 0 Å². The summed E-state index contributed by atoms with van der Waals surface area (Å²) in [5.41, 5.74) is 1.19. The third kappa shape index (κ3) is 2.61. The predicted octanol–water partition coefficient (Wildman–Crippen LogP) is 2.06. The van der Waals surface area contributed by atoms with E-state index >= 15 is 0 Å². The van der Waals surface area contributed by atoms with Crippen molar-refractivity contribution in [3.05, 3.63) is 43.3 Å².